The predicted molar refractivity (Wildman–Crippen MR) is 90.5 cm³/mol. The van der Waals surface area contributed by atoms with E-state index in [4.69, 9.17) is 0 Å². The van der Waals surface area contributed by atoms with Gasteiger partial charge in [-0.05, 0) is 39.2 Å². The van der Waals surface area contributed by atoms with Gasteiger partial charge in [-0.1, -0.05) is 58.4 Å². The van der Waals surface area contributed by atoms with E-state index >= 15 is 0 Å². The Morgan fingerprint density at radius 2 is 1.35 bits per heavy atom. The van der Waals surface area contributed by atoms with Gasteiger partial charge < -0.3 is 0 Å². The van der Waals surface area contributed by atoms with Gasteiger partial charge in [-0.15, -0.1) is 0 Å². The van der Waals surface area contributed by atoms with E-state index in [2.05, 4.69) is 61.1 Å². The van der Waals surface area contributed by atoms with Crippen LogP contribution in [0.4, 0.5) is 0 Å². The molecule has 0 unspecified atom stereocenters. The monoisotopic (exact) mass is 387 g/mol. The van der Waals surface area contributed by atoms with E-state index in [1.165, 1.54) is 0 Å². The number of hydrogen-bond donors (Lipinski definition) is 0. The Bertz CT molecular complexity index is 739. The summed E-state index contributed by atoms with van der Waals surface area (Å²) in [5.74, 6) is 0. The lowest BCUT2D eigenvalue weighted by molar-refractivity contribution is 1.31. The quantitative estimate of drug-likeness (QED) is 0.529. The van der Waals surface area contributed by atoms with Crippen LogP contribution in [-0.2, 0) is 0 Å². The third-order valence-corrected chi connectivity index (χ3v) is 4.45. The second kappa shape index (κ2) is 5.90. The Morgan fingerprint density at radius 3 is 2.05 bits per heavy atom. The van der Waals surface area contributed by atoms with Gasteiger partial charge in [0, 0.05) is 32.5 Å². The van der Waals surface area contributed by atoms with E-state index in [0.717, 1.165) is 31.2 Å². The SMILES string of the molecule is Brc1cccc(-c2cncc(-c3ccccc3)c2Br)c1. The molecule has 3 aromatic rings. The molecule has 0 saturated heterocycles. The van der Waals surface area contributed by atoms with Crippen LogP contribution in [0.5, 0.6) is 0 Å². The molecule has 0 aliphatic rings. The van der Waals surface area contributed by atoms with E-state index in [-0.39, 0.29) is 0 Å². The third kappa shape index (κ3) is 2.69. The number of hydrogen-bond acceptors (Lipinski definition) is 1. The van der Waals surface area contributed by atoms with E-state index in [0.29, 0.717) is 0 Å². The van der Waals surface area contributed by atoms with Gasteiger partial charge in [0.15, 0.2) is 0 Å². The molecule has 3 rings (SSSR count). The fourth-order valence-corrected chi connectivity index (χ4v) is 3.18. The molecule has 98 valence electrons. The van der Waals surface area contributed by atoms with Gasteiger partial charge in [-0.25, -0.2) is 0 Å². The summed E-state index contributed by atoms with van der Waals surface area (Å²) in [5, 5.41) is 0. The number of aromatic nitrogens is 1. The lowest BCUT2D eigenvalue weighted by Gasteiger charge is -2.10. The molecule has 0 bridgehead atoms. The fourth-order valence-electron chi connectivity index (χ4n) is 2.12. The fraction of sp³-hybridized carbons (Fsp3) is 0. The summed E-state index contributed by atoms with van der Waals surface area (Å²) in [6.07, 6.45) is 3.78. The van der Waals surface area contributed by atoms with Gasteiger partial charge >= 0.3 is 0 Å². The van der Waals surface area contributed by atoms with Crippen LogP contribution in [0.15, 0.2) is 75.9 Å². The highest BCUT2D eigenvalue weighted by atomic mass is 79.9. The lowest BCUT2D eigenvalue weighted by atomic mass is 10.0. The highest BCUT2D eigenvalue weighted by molar-refractivity contribution is 9.11. The van der Waals surface area contributed by atoms with Gasteiger partial charge in [0.25, 0.3) is 0 Å². The molecule has 0 N–H and O–H groups in total. The molecule has 0 amide bonds. The summed E-state index contributed by atoms with van der Waals surface area (Å²) in [6.45, 7) is 0. The zero-order chi connectivity index (χ0) is 13.9. The van der Waals surface area contributed by atoms with Crippen LogP contribution in [0.1, 0.15) is 0 Å². The molecule has 3 heteroatoms. The molecule has 0 aliphatic carbocycles. The molecular weight excluding hydrogens is 378 g/mol. The van der Waals surface area contributed by atoms with Gasteiger partial charge in [0.05, 0.1) is 0 Å². The molecule has 0 fully saturated rings. The van der Waals surface area contributed by atoms with E-state index in [9.17, 15) is 0 Å². The summed E-state index contributed by atoms with van der Waals surface area (Å²) in [6, 6.07) is 18.5. The van der Waals surface area contributed by atoms with E-state index in [1.54, 1.807) is 0 Å². The first-order valence-electron chi connectivity index (χ1n) is 6.20. The third-order valence-electron chi connectivity index (χ3n) is 3.10. The standard InChI is InChI=1S/C17H11Br2N/c18-14-8-4-7-13(9-14)16-11-20-10-15(17(16)19)12-5-2-1-3-6-12/h1-11H. The summed E-state index contributed by atoms with van der Waals surface area (Å²) < 4.78 is 2.13. The van der Waals surface area contributed by atoms with Gasteiger partial charge in [0.2, 0.25) is 0 Å². The van der Waals surface area contributed by atoms with E-state index in [1.807, 2.05) is 42.7 Å². The minimum Gasteiger partial charge on any atom is -0.263 e. The second-order valence-corrected chi connectivity index (χ2v) is 6.13. The maximum atomic E-state index is 4.38. The van der Waals surface area contributed by atoms with Crippen LogP contribution in [0.25, 0.3) is 22.3 Å². The second-order valence-electron chi connectivity index (χ2n) is 4.42. The first-order valence-corrected chi connectivity index (χ1v) is 7.79. The Hall–Kier alpha value is -1.45. The van der Waals surface area contributed by atoms with Crippen molar-refractivity contribution < 1.29 is 0 Å². The van der Waals surface area contributed by atoms with Crippen LogP contribution >= 0.6 is 31.9 Å². The largest absolute Gasteiger partial charge is 0.263 e. The molecule has 1 aromatic heterocycles. The van der Waals surface area contributed by atoms with Crippen LogP contribution in [0.2, 0.25) is 0 Å². The van der Waals surface area contributed by atoms with Gasteiger partial charge in [-0.3, -0.25) is 4.98 Å². The van der Waals surface area contributed by atoms with E-state index < -0.39 is 0 Å². The molecule has 0 saturated carbocycles. The molecular formula is C17H11Br2N. The molecule has 2 aromatic carbocycles. The molecule has 1 heterocycles. The number of rotatable bonds is 2. The molecule has 0 atom stereocenters. The van der Waals surface area contributed by atoms with Crippen LogP contribution < -0.4 is 0 Å². The van der Waals surface area contributed by atoms with Gasteiger partial charge in [-0.2, -0.15) is 0 Å². The maximum Gasteiger partial charge on any atom is 0.0363 e. The smallest absolute Gasteiger partial charge is 0.0363 e. The zero-order valence-electron chi connectivity index (χ0n) is 10.6. The van der Waals surface area contributed by atoms with Gasteiger partial charge in [0.1, 0.15) is 0 Å². The summed E-state index contributed by atoms with van der Waals surface area (Å²) in [4.78, 5) is 4.38. The van der Waals surface area contributed by atoms with Crippen molar-refractivity contribution in [2.45, 2.75) is 0 Å². The van der Waals surface area contributed by atoms with Crippen molar-refractivity contribution in [3.8, 4) is 22.3 Å². The first kappa shape index (κ1) is 13.5. The normalized spacial score (nSPS) is 10.5. The van der Waals surface area contributed by atoms with Crippen molar-refractivity contribution in [1.29, 1.82) is 0 Å². The summed E-state index contributed by atoms with van der Waals surface area (Å²) in [5.41, 5.74) is 4.48. The van der Waals surface area contributed by atoms with Crippen molar-refractivity contribution in [2.24, 2.45) is 0 Å². The number of halogens is 2. The predicted octanol–water partition coefficient (Wildman–Crippen LogP) is 5.94. The molecule has 0 aliphatic heterocycles. The molecule has 1 nitrogen and oxygen atoms in total. The number of nitrogens with zero attached hydrogens (tertiary/aromatic N) is 1. The van der Waals surface area contributed by atoms with Crippen molar-refractivity contribution in [2.75, 3.05) is 0 Å². The first-order chi connectivity index (χ1) is 9.75. The highest BCUT2D eigenvalue weighted by Crippen LogP contribution is 2.36. The van der Waals surface area contributed by atoms with Crippen molar-refractivity contribution in [1.82, 2.24) is 4.98 Å². The number of pyridine rings is 1. The van der Waals surface area contributed by atoms with Crippen molar-refractivity contribution >= 4 is 31.9 Å². The Morgan fingerprint density at radius 1 is 0.700 bits per heavy atom. The summed E-state index contributed by atoms with van der Waals surface area (Å²) >= 11 is 7.24. The van der Waals surface area contributed by atoms with Crippen LogP contribution in [-0.4, -0.2) is 4.98 Å². The zero-order valence-corrected chi connectivity index (χ0v) is 13.7. The molecule has 0 spiro atoms. The summed E-state index contributed by atoms with van der Waals surface area (Å²) in [7, 11) is 0. The molecule has 20 heavy (non-hydrogen) atoms. The lowest BCUT2D eigenvalue weighted by Crippen LogP contribution is -1.87. The van der Waals surface area contributed by atoms with Crippen LogP contribution in [0, 0.1) is 0 Å². The average Bonchev–Trinajstić information content (AvgIpc) is 2.48. The number of benzene rings is 2. The maximum absolute atomic E-state index is 4.38. The van der Waals surface area contributed by atoms with Crippen molar-refractivity contribution in [3.05, 3.63) is 75.9 Å². The minimum atomic E-state index is 1.06. The Kier molecular flexibility index (Phi) is 3.99. The van der Waals surface area contributed by atoms with Crippen LogP contribution in [0.3, 0.4) is 0 Å². The average molecular weight is 389 g/mol. The Labute approximate surface area is 135 Å². The highest BCUT2D eigenvalue weighted by Gasteiger charge is 2.10. The minimum absolute atomic E-state index is 1.06. The van der Waals surface area contributed by atoms with Crippen molar-refractivity contribution in [3.63, 3.8) is 0 Å². The topological polar surface area (TPSA) is 12.9 Å². The Balaban J connectivity index is 2.15. The molecule has 0 radical (unpaired) electrons.